The smallest absolute Gasteiger partial charge is 0.0934 e. The SMILES string of the molecule is C[N+](C)(C)/C=C/CO.[Cl-]. The van der Waals surface area contributed by atoms with Crippen molar-refractivity contribution in [2.45, 2.75) is 0 Å². The van der Waals surface area contributed by atoms with Gasteiger partial charge in [0.1, 0.15) is 0 Å². The molecule has 0 fully saturated rings. The minimum atomic E-state index is 0. The summed E-state index contributed by atoms with van der Waals surface area (Å²) >= 11 is 0. The van der Waals surface area contributed by atoms with E-state index in [9.17, 15) is 0 Å². The van der Waals surface area contributed by atoms with Crippen LogP contribution in [-0.2, 0) is 0 Å². The van der Waals surface area contributed by atoms with Gasteiger partial charge in [0, 0.05) is 0 Å². The molecule has 0 aliphatic carbocycles. The molecular weight excluding hydrogens is 138 g/mol. The Kier molecular flexibility index (Phi) is 6.24. The second kappa shape index (κ2) is 4.79. The molecule has 0 saturated carbocycles. The van der Waals surface area contributed by atoms with Crippen LogP contribution in [0.15, 0.2) is 12.3 Å². The third-order valence-electron chi connectivity index (χ3n) is 0.658. The van der Waals surface area contributed by atoms with Crippen LogP contribution in [0.3, 0.4) is 0 Å². The number of hydrogen-bond acceptors (Lipinski definition) is 1. The molecule has 3 heteroatoms. The second-order valence-electron chi connectivity index (χ2n) is 2.68. The van der Waals surface area contributed by atoms with Crippen LogP contribution in [0.5, 0.6) is 0 Å². The van der Waals surface area contributed by atoms with Crippen LogP contribution in [0, 0.1) is 0 Å². The third kappa shape index (κ3) is 11.5. The highest BCUT2D eigenvalue weighted by atomic mass is 35.5. The highest BCUT2D eigenvalue weighted by Gasteiger charge is 1.96. The van der Waals surface area contributed by atoms with Gasteiger partial charge in [-0.25, -0.2) is 0 Å². The number of aliphatic hydroxyl groups excluding tert-OH is 1. The third-order valence-corrected chi connectivity index (χ3v) is 0.658. The molecule has 0 aliphatic heterocycles. The predicted octanol–water partition coefficient (Wildman–Crippen LogP) is -2.80. The van der Waals surface area contributed by atoms with Gasteiger partial charge in [-0.3, -0.25) is 0 Å². The van der Waals surface area contributed by atoms with E-state index in [1.54, 1.807) is 6.08 Å². The van der Waals surface area contributed by atoms with Crippen LogP contribution >= 0.6 is 0 Å². The van der Waals surface area contributed by atoms with E-state index in [0.29, 0.717) is 0 Å². The van der Waals surface area contributed by atoms with Gasteiger partial charge in [0.05, 0.1) is 33.9 Å². The molecule has 1 N–H and O–H groups in total. The summed E-state index contributed by atoms with van der Waals surface area (Å²) in [5, 5.41) is 8.33. The second-order valence-corrected chi connectivity index (χ2v) is 2.68. The molecule has 0 aromatic rings. The van der Waals surface area contributed by atoms with Crippen LogP contribution in [0.2, 0.25) is 0 Å². The number of aliphatic hydroxyl groups is 1. The molecule has 0 atom stereocenters. The van der Waals surface area contributed by atoms with Crippen LogP contribution < -0.4 is 12.4 Å². The monoisotopic (exact) mass is 151 g/mol. The minimum absolute atomic E-state index is 0. The predicted molar refractivity (Wildman–Crippen MR) is 34.3 cm³/mol. The molecule has 9 heavy (non-hydrogen) atoms. The first-order chi connectivity index (χ1) is 3.56. The van der Waals surface area contributed by atoms with Gasteiger partial charge in [-0.15, -0.1) is 0 Å². The van der Waals surface area contributed by atoms with Crippen LogP contribution in [0.1, 0.15) is 0 Å². The fraction of sp³-hybridized carbons (Fsp3) is 0.667. The first-order valence-electron chi connectivity index (χ1n) is 2.66. The molecule has 0 rings (SSSR count). The Balaban J connectivity index is 0. The summed E-state index contributed by atoms with van der Waals surface area (Å²) in [6.07, 6.45) is 3.67. The van der Waals surface area contributed by atoms with Crippen molar-refractivity contribution in [1.82, 2.24) is 0 Å². The van der Waals surface area contributed by atoms with Crippen molar-refractivity contribution in [3.8, 4) is 0 Å². The van der Waals surface area contributed by atoms with Gasteiger partial charge in [0.2, 0.25) is 0 Å². The lowest BCUT2D eigenvalue weighted by Gasteiger charge is -2.16. The molecule has 0 aromatic carbocycles. The highest BCUT2D eigenvalue weighted by Crippen LogP contribution is 1.89. The van der Waals surface area contributed by atoms with Crippen LogP contribution in [0.4, 0.5) is 0 Å². The Morgan fingerprint density at radius 3 is 1.89 bits per heavy atom. The molecule has 56 valence electrons. The summed E-state index contributed by atoms with van der Waals surface area (Å²) in [6.45, 7) is 0.134. The van der Waals surface area contributed by atoms with E-state index in [1.807, 2.05) is 27.3 Å². The molecule has 0 radical (unpaired) electrons. The van der Waals surface area contributed by atoms with Crippen LogP contribution in [0.25, 0.3) is 0 Å². The van der Waals surface area contributed by atoms with Gasteiger partial charge >= 0.3 is 0 Å². The van der Waals surface area contributed by atoms with Gasteiger partial charge in [-0.2, -0.15) is 0 Å². The number of rotatable bonds is 2. The summed E-state index contributed by atoms with van der Waals surface area (Å²) < 4.78 is 0.764. The van der Waals surface area contributed by atoms with Crippen molar-refractivity contribution in [1.29, 1.82) is 0 Å². The van der Waals surface area contributed by atoms with E-state index in [2.05, 4.69) is 0 Å². The van der Waals surface area contributed by atoms with Crippen molar-refractivity contribution >= 4 is 0 Å². The van der Waals surface area contributed by atoms with Crippen molar-refractivity contribution in [2.24, 2.45) is 0 Å². The molecular formula is C6H14ClNO. The normalized spacial score (nSPS) is 11.6. The zero-order valence-electron chi connectivity index (χ0n) is 6.13. The highest BCUT2D eigenvalue weighted by molar-refractivity contribution is 4.70. The summed E-state index contributed by atoms with van der Waals surface area (Å²) in [6, 6.07) is 0. The average Bonchev–Trinajstić information content (AvgIpc) is 1.59. The molecule has 0 aromatic heterocycles. The van der Waals surface area contributed by atoms with E-state index in [4.69, 9.17) is 5.11 Å². The Morgan fingerprint density at radius 2 is 1.78 bits per heavy atom. The first-order valence-corrected chi connectivity index (χ1v) is 2.66. The van der Waals surface area contributed by atoms with Crippen LogP contribution in [-0.4, -0.2) is 37.3 Å². The zero-order valence-corrected chi connectivity index (χ0v) is 6.89. The van der Waals surface area contributed by atoms with E-state index in [0.717, 1.165) is 4.48 Å². The van der Waals surface area contributed by atoms with E-state index >= 15 is 0 Å². The maximum atomic E-state index is 8.33. The van der Waals surface area contributed by atoms with Crippen molar-refractivity contribution in [3.63, 3.8) is 0 Å². The van der Waals surface area contributed by atoms with Crippen molar-refractivity contribution < 1.29 is 22.0 Å². The first kappa shape index (κ1) is 11.7. The molecule has 0 spiro atoms. The summed E-state index contributed by atoms with van der Waals surface area (Å²) in [5.74, 6) is 0. The van der Waals surface area contributed by atoms with Crippen molar-refractivity contribution in [3.05, 3.63) is 12.3 Å². The minimum Gasteiger partial charge on any atom is -1.00 e. The molecule has 0 bridgehead atoms. The molecule has 0 amide bonds. The Morgan fingerprint density at radius 1 is 1.33 bits per heavy atom. The Labute approximate surface area is 62.8 Å². The lowest BCUT2D eigenvalue weighted by Crippen LogP contribution is -3.00. The fourth-order valence-corrected chi connectivity index (χ4v) is 0.363. The number of nitrogens with zero attached hydrogens (tertiary/aromatic N) is 1. The molecule has 2 nitrogen and oxygen atoms in total. The molecule has 0 aliphatic rings. The maximum absolute atomic E-state index is 8.33. The van der Waals surface area contributed by atoms with Crippen molar-refractivity contribution in [2.75, 3.05) is 27.7 Å². The standard InChI is InChI=1S/C6H14NO.ClH/c1-7(2,3)5-4-6-8;/h4-5,8H,6H2,1-3H3;1H/q+1;/p-1/b5-4+;. The van der Waals surface area contributed by atoms with Gasteiger partial charge < -0.3 is 22.0 Å². The molecule has 0 heterocycles. The fourth-order valence-electron chi connectivity index (χ4n) is 0.363. The largest absolute Gasteiger partial charge is 1.00 e. The van der Waals surface area contributed by atoms with E-state index in [-0.39, 0.29) is 19.0 Å². The van der Waals surface area contributed by atoms with Gasteiger partial charge in [-0.1, -0.05) is 0 Å². The average molecular weight is 152 g/mol. The van der Waals surface area contributed by atoms with Gasteiger partial charge in [-0.05, 0) is 6.08 Å². The molecule has 0 unspecified atom stereocenters. The Bertz CT molecular complexity index is 85.5. The van der Waals surface area contributed by atoms with Gasteiger partial charge in [0.15, 0.2) is 0 Å². The summed E-state index contributed by atoms with van der Waals surface area (Å²) in [4.78, 5) is 0. The molecule has 0 saturated heterocycles. The van der Waals surface area contributed by atoms with Gasteiger partial charge in [0.25, 0.3) is 0 Å². The zero-order chi connectivity index (χ0) is 6.62. The maximum Gasteiger partial charge on any atom is 0.0934 e. The van der Waals surface area contributed by atoms with E-state index in [1.165, 1.54) is 0 Å². The quantitative estimate of drug-likeness (QED) is 0.423. The number of hydrogen-bond donors (Lipinski definition) is 1. The number of quaternary nitrogens is 1. The lowest BCUT2D eigenvalue weighted by molar-refractivity contribution is -0.817. The Hall–Kier alpha value is -0.0500. The van der Waals surface area contributed by atoms with E-state index < -0.39 is 0 Å². The lowest BCUT2D eigenvalue weighted by atomic mass is 10.6. The topological polar surface area (TPSA) is 20.2 Å². The summed E-state index contributed by atoms with van der Waals surface area (Å²) in [5.41, 5.74) is 0. The summed E-state index contributed by atoms with van der Waals surface area (Å²) in [7, 11) is 6.10. The number of halogens is 1.